The number of hydrogen-bond acceptors (Lipinski definition) is 4. The molecule has 34 heavy (non-hydrogen) atoms. The van der Waals surface area contributed by atoms with Gasteiger partial charge in [-0.1, -0.05) is 35.9 Å². The summed E-state index contributed by atoms with van der Waals surface area (Å²) in [5, 5.41) is 2.24. The second-order valence-electron chi connectivity index (χ2n) is 8.30. The minimum absolute atomic E-state index is 0.173. The van der Waals surface area contributed by atoms with Gasteiger partial charge < -0.3 is 9.47 Å². The monoisotopic (exact) mass is 494 g/mol. The molecule has 4 aromatic rings. The normalized spacial score (nSPS) is 15.6. The van der Waals surface area contributed by atoms with Crippen molar-refractivity contribution in [1.29, 1.82) is 0 Å². The van der Waals surface area contributed by atoms with E-state index in [1.807, 2.05) is 35.0 Å². The first-order chi connectivity index (χ1) is 16.4. The number of carbonyl (C=O) groups is 1. The van der Waals surface area contributed by atoms with Gasteiger partial charge in [0.25, 0.3) is 0 Å². The highest BCUT2D eigenvalue weighted by Crippen LogP contribution is 2.25. The van der Waals surface area contributed by atoms with E-state index >= 15 is 0 Å². The molecular weight excluding hydrogens is 472 g/mol. The van der Waals surface area contributed by atoms with Crippen molar-refractivity contribution in [3.8, 4) is 5.69 Å². The van der Waals surface area contributed by atoms with Crippen LogP contribution in [0.25, 0.3) is 16.5 Å². The van der Waals surface area contributed by atoms with Gasteiger partial charge in [-0.15, -0.1) is 0 Å². The summed E-state index contributed by atoms with van der Waals surface area (Å²) in [6.45, 7) is 1.06. The molecule has 0 spiro atoms. The second-order valence-corrected chi connectivity index (χ2v) is 10.7. The number of rotatable bonds is 5. The molecule has 0 bridgehead atoms. The van der Waals surface area contributed by atoms with Crippen molar-refractivity contribution in [1.82, 2.24) is 18.8 Å². The van der Waals surface area contributed by atoms with Crippen LogP contribution in [0.4, 0.5) is 0 Å². The molecule has 7 nitrogen and oxygen atoms in total. The molecule has 0 aliphatic carbocycles. The number of fused-ring (bicyclic) bond motifs is 1. The van der Waals surface area contributed by atoms with Gasteiger partial charge in [-0.25, -0.2) is 13.4 Å². The van der Waals surface area contributed by atoms with Crippen LogP contribution in [-0.4, -0.2) is 52.7 Å². The topological polar surface area (TPSA) is 75.5 Å². The lowest BCUT2D eigenvalue weighted by Crippen LogP contribution is -2.39. The summed E-state index contributed by atoms with van der Waals surface area (Å²) in [7, 11) is -3.80. The van der Waals surface area contributed by atoms with Gasteiger partial charge in [0.15, 0.2) is 0 Å². The number of amides is 1. The van der Waals surface area contributed by atoms with Crippen molar-refractivity contribution in [2.75, 3.05) is 19.6 Å². The molecule has 2 heterocycles. The summed E-state index contributed by atoms with van der Waals surface area (Å²) in [4.78, 5) is 19.0. The summed E-state index contributed by atoms with van der Waals surface area (Å²) < 4.78 is 29.9. The molecule has 3 aromatic carbocycles. The number of aromatic nitrogens is 2. The summed E-state index contributed by atoms with van der Waals surface area (Å²) in [6.07, 6.45) is 5.89. The van der Waals surface area contributed by atoms with Crippen LogP contribution >= 0.6 is 11.6 Å². The van der Waals surface area contributed by atoms with Gasteiger partial charge in [0, 0.05) is 42.7 Å². The van der Waals surface area contributed by atoms with Gasteiger partial charge in [0.1, 0.15) is 0 Å². The van der Waals surface area contributed by atoms with Crippen LogP contribution in [0.5, 0.6) is 0 Å². The Morgan fingerprint density at radius 1 is 0.941 bits per heavy atom. The van der Waals surface area contributed by atoms with E-state index in [1.54, 1.807) is 53.8 Å². The molecule has 0 radical (unpaired) electrons. The van der Waals surface area contributed by atoms with E-state index in [2.05, 4.69) is 4.98 Å². The maximum atomic E-state index is 13.3. The molecule has 1 fully saturated rings. The molecule has 1 amide bonds. The average molecular weight is 495 g/mol. The molecule has 5 rings (SSSR count). The fraction of sp³-hybridized carbons (Fsp3) is 0.200. The Bertz CT molecular complexity index is 1440. The third-order valence-corrected chi connectivity index (χ3v) is 8.10. The van der Waals surface area contributed by atoms with E-state index in [1.165, 1.54) is 4.31 Å². The number of halogens is 1. The van der Waals surface area contributed by atoms with Crippen molar-refractivity contribution in [2.24, 2.45) is 0 Å². The number of carbonyl (C=O) groups excluding carboxylic acids is 1. The zero-order valence-electron chi connectivity index (χ0n) is 18.3. The van der Waals surface area contributed by atoms with Gasteiger partial charge in [0.2, 0.25) is 15.9 Å². The molecule has 9 heteroatoms. The fourth-order valence-electron chi connectivity index (χ4n) is 4.17. The van der Waals surface area contributed by atoms with Crippen molar-refractivity contribution in [3.05, 3.63) is 90.0 Å². The van der Waals surface area contributed by atoms with Gasteiger partial charge in [0.05, 0.1) is 17.8 Å². The summed E-state index contributed by atoms with van der Waals surface area (Å²) >= 11 is 6.03. The zero-order valence-corrected chi connectivity index (χ0v) is 19.9. The highest BCUT2D eigenvalue weighted by Gasteiger charge is 2.31. The third kappa shape index (κ3) is 4.57. The van der Waals surface area contributed by atoms with Crippen LogP contribution in [0.2, 0.25) is 5.02 Å². The molecule has 0 N–H and O–H groups in total. The van der Waals surface area contributed by atoms with Crippen LogP contribution in [0.15, 0.2) is 84.3 Å². The van der Waals surface area contributed by atoms with E-state index in [0.717, 1.165) is 22.0 Å². The second kappa shape index (κ2) is 9.21. The lowest BCUT2D eigenvalue weighted by Gasteiger charge is -2.22. The molecule has 0 atom stereocenters. The van der Waals surface area contributed by atoms with Crippen LogP contribution in [0.3, 0.4) is 0 Å². The van der Waals surface area contributed by atoms with E-state index in [0.29, 0.717) is 31.1 Å². The van der Waals surface area contributed by atoms with E-state index in [-0.39, 0.29) is 17.3 Å². The highest BCUT2D eigenvalue weighted by molar-refractivity contribution is 7.89. The van der Waals surface area contributed by atoms with E-state index in [4.69, 9.17) is 11.6 Å². The van der Waals surface area contributed by atoms with Gasteiger partial charge in [-0.3, -0.25) is 4.79 Å². The van der Waals surface area contributed by atoms with Crippen LogP contribution < -0.4 is 0 Å². The molecule has 1 aliphatic rings. The lowest BCUT2D eigenvalue weighted by molar-refractivity contribution is -0.131. The molecule has 0 saturated carbocycles. The summed E-state index contributed by atoms with van der Waals surface area (Å²) in [6, 6.07) is 18.2. The molecule has 1 aromatic heterocycles. The van der Waals surface area contributed by atoms with Crippen molar-refractivity contribution in [3.63, 3.8) is 0 Å². The van der Waals surface area contributed by atoms with E-state index < -0.39 is 10.0 Å². The minimum Gasteiger partial charge on any atom is -0.337 e. The molecule has 1 saturated heterocycles. The number of hydrogen-bond donors (Lipinski definition) is 0. The van der Waals surface area contributed by atoms with Gasteiger partial charge in [-0.05, 0) is 59.2 Å². The zero-order chi connectivity index (χ0) is 23.7. The SMILES string of the molecule is O=C1CN(S(=O)(=O)c2ccc3cc(Cl)ccc3c2)CCCN1Cc1ccc(-n2ccnc2)cc1. The molecule has 1 aliphatic heterocycles. The number of sulfonamides is 1. The predicted octanol–water partition coefficient (Wildman–Crippen LogP) is 4.10. The predicted molar refractivity (Wildman–Crippen MR) is 131 cm³/mol. The number of nitrogens with zero attached hydrogens (tertiary/aromatic N) is 4. The maximum absolute atomic E-state index is 13.3. The van der Waals surface area contributed by atoms with Gasteiger partial charge >= 0.3 is 0 Å². The first-order valence-electron chi connectivity index (χ1n) is 10.9. The quantitative estimate of drug-likeness (QED) is 0.418. The third-order valence-electron chi connectivity index (χ3n) is 6.02. The Hall–Kier alpha value is -3.20. The summed E-state index contributed by atoms with van der Waals surface area (Å²) in [5.74, 6) is -0.202. The molecular formula is C25H23ClN4O3S. The molecule has 174 valence electrons. The van der Waals surface area contributed by atoms with Crippen LogP contribution in [-0.2, 0) is 21.4 Å². The molecule has 0 unspecified atom stereocenters. The maximum Gasteiger partial charge on any atom is 0.243 e. The summed E-state index contributed by atoms with van der Waals surface area (Å²) in [5.41, 5.74) is 1.97. The minimum atomic E-state index is -3.80. The van der Waals surface area contributed by atoms with E-state index in [9.17, 15) is 13.2 Å². The van der Waals surface area contributed by atoms with Crippen LogP contribution in [0.1, 0.15) is 12.0 Å². The Balaban J connectivity index is 1.31. The average Bonchev–Trinajstić information content (AvgIpc) is 3.31. The van der Waals surface area contributed by atoms with Crippen molar-refractivity contribution >= 4 is 38.3 Å². The van der Waals surface area contributed by atoms with Gasteiger partial charge in [-0.2, -0.15) is 4.31 Å². The smallest absolute Gasteiger partial charge is 0.243 e. The highest BCUT2D eigenvalue weighted by atomic mass is 35.5. The largest absolute Gasteiger partial charge is 0.337 e. The van der Waals surface area contributed by atoms with Crippen molar-refractivity contribution in [2.45, 2.75) is 17.9 Å². The Labute approximate surface area is 203 Å². The fourth-order valence-corrected chi connectivity index (χ4v) is 5.82. The van der Waals surface area contributed by atoms with Crippen LogP contribution in [0, 0.1) is 0 Å². The van der Waals surface area contributed by atoms with Crippen molar-refractivity contribution < 1.29 is 13.2 Å². The first-order valence-corrected chi connectivity index (χ1v) is 12.8. The number of imidazole rings is 1. The standard InChI is InChI=1S/C25H23ClN4O3S/c26-22-6-4-21-15-24(9-5-20(21)14-22)34(32,33)30-12-1-11-28(25(31)17-30)16-19-2-7-23(8-3-19)29-13-10-27-18-29/h2-10,13-15,18H,1,11-12,16-17H2. The number of benzene rings is 3. The Morgan fingerprint density at radius 2 is 1.71 bits per heavy atom. The Morgan fingerprint density at radius 3 is 2.47 bits per heavy atom. The first kappa shape index (κ1) is 22.6. The lowest BCUT2D eigenvalue weighted by atomic mass is 10.1. The Kier molecular flexibility index (Phi) is 6.12.